The third kappa shape index (κ3) is 4.40. The zero-order chi connectivity index (χ0) is 22.7. The zero-order valence-corrected chi connectivity index (χ0v) is 19.2. The second-order valence-corrected chi connectivity index (χ2v) is 8.32. The summed E-state index contributed by atoms with van der Waals surface area (Å²) in [6.45, 7) is 8.78. The van der Waals surface area contributed by atoms with Crippen molar-refractivity contribution >= 4 is 16.8 Å². The van der Waals surface area contributed by atoms with Crippen LogP contribution in [0.15, 0.2) is 72.9 Å². The molecule has 0 bridgehead atoms. The molecule has 4 aromatic rings. The van der Waals surface area contributed by atoms with Gasteiger partial charge in [-0.3, -0.25) is 4.79 Å². The summed E-state index contributed by atoms with van der Waals surface area (Å²) in [4.78, 5) is 18.7. The average molecular weight is 427 g/mol. The van der Waals surface area contributed by atoms with Gasteiger partial charge in [-0.15, -0.1) is 0 Å². The number of carbonyl (C=O) groups is 1. The number of nitrogens with zero attached hydrogens (tertiary/aromatic N) is 1. The van der Waals surface area contributed by atoms with Crippen LogP contribution in [0.3, 0.4) is 0 Å². The van der Waals surface area contributed by atoms with Gasteiger partial charge in [0.2, 0.25) is 0 Å². The van der Waals surface area contributed by atoms with E-state index in [-0.39, 0.29) is 18.6 Å². The molecule has 32 heavy (non-hydrogen) atoms. The summed E-state index contributed by atoms with van der Waals surface area (Å²) in [7, 11) is 0. The number of hydrogen-bond donors (Lipinski definition) is 1. The molecule has 0 spiro atoms. The Balaban J connectivity index is 1.67. The molecule has 164 valence electrons. The third-order valence-corrected chi connectivity index (χ3v) is 6.12. The number of fused-ring (bicyclic) bond motifs is 1. The number of aryl methyl sites for hydroxylation is 3. The van der Waals surface area contributed by atoms with Gasteiger partial charge in [0.1, 0.15) is 5.75 Å². The lowest BCUT2D eigenvalue weighted by molar-refractivity contribution is -0.134. The van der Waals surface area contributed by atoms with Gasteiger partial charge in [0.15, 0.2) is 6.61 Å². The van der Waals surface area contributed by atoms with Gasteiger partial charge in [-0.2, -0.15) is 0 Å². The number of aromatic amines is 1. The zero-order valence-electron chi connectivity index (χ0n) is 19.2. The van der Waals surface area contributed by atoms with Crippen LogP contribution < -0.4 is 4.74 Å². The molecule has 1 heterocycles. The third-order valence-electron chi connectivity index (χ3n) is 6.12. The minimum Gasteiger partial charge on any atom is -0.484 e. The summed E-state index contributed by atoms with van der Waals surface area (Å²) in [6.07, 6.45) is 2.02. The Hall–Kier alpha value is -3.53. The lowest BCUT2D eigenvalue weighted by atomic mass is 9.95. The van der Waals surface area contributed by atoms with E-state index in [0.717, 1.165) is 33.3 Å². The fourth-order valence-electron chi connectivity index (χ4n) is 4.13. The van der Waals surface area contributed by atoms with Crippen LogP contribution in [0.4, 0.5) is 0 Å². The molecule has 1 amide bonds. The first kappa shape index (κ1) is 21.7. The predicted octanol–water partition coefficient (Wildman–Crippen LogP) is 6.11. The van der Waals surface area contributed by atoms with Gasteiger partial charge in [0, 0.05) is 29.2 Å². The number of hydrogen-bond acceptors (Lipinski definition) is 2. The Morgan fingerprint density at radius 1 is 0.969 bits per heavy atom. The molecule has 4 nitrogen and oxygen atoms in total. The minimum absolute atomic E-state index is 0.00105. The van der Waals surface area contributed by atoms with Crippen molar-refractivity contribution in [3.05, 3.63) is 101 Å². The minimum atomic E-state index is -0.201. The SMILES string of the molecule is CCN(C(=O)COc1ccc(C)c(C)c1)[C@@H](c1ccc(C)cc1)c1c[nH]c2ccccc12. The Kier molecular flexibility index (Phi) is 6.31. The average Bonchev–Trinajstić information content (AvgIpc) is 3.22. The van der Waals surface area contributed by atoms with E-state index in [2.05, 4.69) is 55.2 Å². The normalized spacial score (nSPS) is 12.0. The van der Waals surface area contributed by atoms with Crippen molar-refractivity contribution in [2.45, 2.75) is 33.7 Å². The van der Waals surface area contributed by atoms with E-state index in [1.54, 1.807) is 0 Å². The van der Waals surface area contributed by atoms with Crippen LogP contribution in [-0.2, 0) is 4.79 Å². The van der Waals surface area contributed by atoms with Crippen LogP contribution in [0, 0.1) is 20.8 Å². The van der Waals surface area contributed by atoms with E-state index >= 15 is 0 Å². The number of amides is 1. The van der Waals surface area contributed by atoms with Crippen molar-refractivity contribution < 1.29 is 9.53 Å². The summed E-state index contributed by atoms with van der Waals surface area (Å²) in [5.41, 5.74) is 6.79. The number of aromatic nitrogens is 1. The Bertz CT molecular complexity index is 1220. The van der Waals surface area contributed by atoms with Crippen LogP contribution in [0.1, 0.15) is 40.8 Å². The number of benzene rings is 3. The van der Waals surface area contributed by atoms with E-state index < -0.39 is 0 Å². The number of H-pyrrole nitrogens is 1. The maximum Gasteiger partial charge on any atom is 0.261 e. The van der Waals surface area contributed by atoms with Crippen molar-refractivity contribution in [3.8, 4) is 5.75 Å². The Morgan fingerprint density at radius 3 is 2.44 bits per heavy atom. The van der Waals surface area contributed by atoms with Gasteiger partial charge in [-0.05, 0) is 62.6 Å². The predicted molar refractivity (Wildman–Crippen MR) is 130 cm³/mol. The Labute approximate surface area is 189 Å². The van der Waals surface area contributed by atoms with Crippen molar-refractivity contribution in [1.29, 1.82) is 0 Å². The smallest absolute Gasteiger partial charge is 0.261 e. The first-order valence-corrected chi connectivity index (χ1v) is 11.1. The maximum absolute atomic E-state index is 13.4. The number of ether oxygens (including phenoxy) is 1. The highest BCUT2D eigenvalue weighted by Crippen LogP contribution is 2.34. The second kappa shape index (κ2) is 9.31. The van der Waals surface area contributed by atoms with Gasteiger partial charge < -0.3 is 14.6 Å². The number of rotatable bonds is 7. The first-order valence-electron chi connectivity index (χ1n) is 11.1. The van der Waals surface area contributed by atoms with Gasteiger partial charge in [-0.25, -0.2) is 0 Å². The van der Waals surface area contributed by atoms with Crippen LogP contribution in [0.2, 0.25) is 0 Å². The quantitative estimate of drug-likeness (QED) is 0.387. The largest absolute Gasteiger partial charge is 0.484 e. The molecule has 0 radical (unpaired) electrons. The number of nitrogens with one attached hydrogen (secondary N) is 1. The molecule has 0 aliphatic rings. The van der Waals surface area contributed by atoms with E-state index in [0.29, 0.717) is 6.54 Å². The van der Waals surface area contributed by atoms with E-state index in [1.807, 2.05) is 55.3 Å². The molecular weight excluding hydrogens is 396 g/mol. The monoisotopic (exact) mass is 426 g/mol. The molecule has 0 saturated carbocycles. The lowest BCUT2D eigenvalue weighted by Crippen LogP contribution is -2.38. The number of para-hydroxylation sites is 1. The molecule has 1 aromatic heterocycles. The van der Waals surface area contributed by atoms with E-state index in [4.69, 9.17) is 4.74 Å². The lowest BCUT2D eigenvalue weighted by Gasteiger charge is -2.31. The molecule has 1 N–H and O–H groups in total. The maximum atomic E-state index is 13.4. The van der Waals surface area contributed by atoms with Crippen LogP contribution in [0.5, 0.6) is 5.75 Å². The second-order valence-electron chi connectivity index (χ2n) is 8.32. The fourth-order valence-corrected chi connectivity index (χ4v) is 4.13. The molecule has 3 aromatic carbocycles. The van der Waals surface area contributed by atoms with Crippen LogP contribution in [0.25, 0.3) is 10.9 Å². The van der Waals surface area contributed by atoms with E-state index in [9.17, 15) is 4.79 Å². The van der Waals surface area contributed by atoms with Gasteiger partial charge in [0.05, 0.1) is 6.04 Å². The molecule has 4 rings (SSSR count). The fraction of sp³-hybridized carbons (Fsp3) is 0.250. The molecule has 0 aliphatic carbocycles. The highest BCUT2D eigenvalue weighted by atomic mass is 16.5. The van der Waals surface area contributed by atoms with Gasteiger partial charge >= 0.3 is 0 Å². The van der Waals surface area contributed by atoms with Crippen LogP contribution in [-0.4, -0.2) is 28.9 Å². The Morgan fingerprint density at radius 2 is 1.72 bits per heavy atom. The van der Waals surface area contributed by atoms with Crippen molar-refractivity contribution in [3.63, 3.8) is 0 Å². The summed E-state index contributed by atoms with van der Waals surface area (Å²) < 4.78 is 5.90. The van der Waals surface area contributed by atoms with Crippen molar-refractivity contribution in [1.82, 2.24) is 9.88 Å². The topological polar surface area (TPSA) is 45.3 Å². The van der Waals surface area contributed by atoms with Crippen LogP contribution >= 0.6 is 0 Å². The highest BCUT2D eigenvalue weighted by Gasteiger charge is 2.28. The molecule has 0 unspecified atom stereocenters. The molecule has 0 fully saturated rings. The van der Waals surface area contributed by atoms with Gasteiger partial charge in [-0.1, -0.05) is 54.1 Å². The van der Waals surface area contributed by atoms with Gasteiger partial charge in [0.25, 0.3) is 5.91 Å². The molecular formula is C28H30N2O2. The number of likely N-dealkylation sites (N-methyl/N-ethyl adjacent to an activating group) is 1. The van der Waals surface area contributed by atoms with E-state index in [1.165, 1.54) is 11.1 Å². The summed E-state index contributed by atoms with van der Waals surface area (Å²) in [6, 6.07) is 22.4. The highest BCUT2D eigenvalue weighted by molar-refractivity contribution is 5.86. The first-order chi connectivity index (χ1) is 15.5. The van der Waals surface area contributed by atoms with Crippen molar-refractivity contribution in [2.75, 3.05) is 13.2 Å². The molecule has 4 heteroatoms. The summed E-state index contributed by atoms with van der Waals surface area (Å²) in [5.74, 6) is 0.679. The standard InChI is InChI=1S/C28H30N2O2/c1-5-30(27(31)18-32-23-15-12-20(3)21(4)16-23)28(22-13-10-19(2)11-14-22)25-17-29-26-9-7-6-8-24(25)26/h6-17,28-29H,5,18H2,1-4H3/t28-/m0/s1. The van der Waals surface area contributed by atoms with Crippen molar-refractivity contribution in [2.24, 2.45) is 0 Å². The summed E-state index contributed by atoms with van der Waals surface area (Å²) in [5, 5.41) is 1.12. The summed E-state index contributed by atoms with van der Waals surface area (Å²) >= 11 is 0. The molecule has 0 aliphatic heterocycles. The number of carbonyl (C=O) groups excluding carboxylic acids is 1. The molecule has 1 atom stereocenters. The molecule has 0 saturated heterocycles.